The zero-order chi connectivity index (χ0) is 21.1. The molecular weight excluding hydrogens is 611 g/mol. The van der Waals surface area contributed by atoms with Crippen LogP contribution in [0.2, 0.25) is 0 Å². The van der Waals surface area contributed by atoms with E-state index in [0.29, 0.717) is 6.61 Å². The summed E-state index contributed by atoms with van der Waals surface area (Å²) in [6.45, 7) is 0.468. The van der Waals surface area contributed by atoms with Gasteiger partial charge in [0.15, 0.2) is 5.70 Å². The molecular formula is C23H14FI2NO3. The molecule has 7 heteroatoms. The quantitative estimate of drug-likeness (QED) is 0.200. The maximum Gasteiger partial charge on any atom is 0.363 e. The van der Waals surface area contributed by atoms with Crippen LogP contribution in [0, 0.1) is 13.0 Å². The highest BCUT2D eigenvalue weighted by atomic mass is 127. The van der Waals surface area contributed by atoms with E-state index in [0.717, 1.165) is 24.0 Å². The van der Waals surface area contributed by atoms with Crippen molar-refractivity contribution in [3.8, 4) is 5.75 Å². The fraction of sp³-hybridized carbons (Fsp3) is 0.0435. The minimum absolute atomic E-state index is 0.0310. The summed E-state index contributed by atoms with van der Waals surface area (Å²) in [6, 6.07) is 19.8. The largest absolute Gasteiger partial charge is 0.487 e. The molecule has 4 nitrogen and oxygen atoms in total. The highest BCUT2D eigenvalue weighted by Gasteiger charge is 2.26. The highest BCUT2D eigenvalue weighted by molar-refractivity contribution is 14.1. The van der Waals surface area contributed by atoms with Crippen LogP contribution in [-0.2, 0) is 16.1 Å². The average Bonchev–Trinajstić information content (AvgIpc) is 3.08. The molecule has 0 unspecified atom stereocenters. The molecule has 3 aromatic rings. The number of aliphatic imine (C=N–C) groups is 1. The van der Waals surface area contributed by atoms with Crippen LogP contribution < -0.4 is 4.74 Å². The lowest BCUT2D eigenvalue weighted by Crippen LogP contribution is -2.07. The summed E-state index contributed by atoms with van der Waals surface area (Å²) in [6.07, 6.45) is 1.63. The van der Waals surface area contributed by atoms with Crippen molar-refractivity contribution < 1.29 is 18.7 Å². The number of hydrogen-bond acceptors (Lipinski definition) is 4. The summed E-state index contributed by atoms with van der Waals surface area (Å²) in [5, 5.41) is 0. The van der Waals surface area contributed by atoms with Gasteiger partial charge in [-0.1, -0.05) is 42.5 Å². The minimum Gasteiger partial charge on any atom is -0.487 e. The molecule has 30 heavy (non-hydrogen) atoms. The third-order valence-corrected chi connectivity index (χ3v) is 5.88. The molecule has 0 N–H and O–H groups in total. The molecule has 4 rings (SSSR count). The lowest BCUT2D eigenvalue weighted by atomic mass is 10.2. The van der Waals surface area contributed by atoms with Crippen LogP contribution in [0.15, 0.2) is 77.4 Å². The maximum atomic E-state index is 14.0. The molecule has 0 fully saturated rings. The van der Waals surface area contributed by atoms with E-state index in [1.807, 2.05) is 42.5 Å². The molecule has 1 heterocycles. The van der Waals surface area contributed by atoms with Crippen LogP contribution in [0.5, 0.6) is 5.75 Å². The molecule has 0 saturated carbocycles. The number of nitrogens with zero attached hydrogens (tertiary/aromatic N) is 1. The number of cyclic esters (lactones) is 1. The van der Waals surface area contributed by atoms with Gasteiger partial charge < -0.3 is 9.47 Å². The number of rotatable bonds is 5. The second kappa shape index (κ2) is 9.25. The van der Waals surface area contributed by atoms with Gasteiger partial charge >= 0.3 is 5.97 Å². The van der Waals surface area contributed by atoms with E-state index in [9.17, 15) is 9.18 Å². The van der Waals surface area contributed by atoms with Crippen molar-refractivity contribution in [1.82, 2.24) is 0 Å². The summed E-state index contributed by atoms with van der Waals surface area (Å²) in [7, 11) is 0. The van der Waals surface area contributed by atoms with Gasteiger partial charge in [-0.25, -0.2) is 14.2 Å². The van der Waals surface area contributed by atoms with Crippen molar-refractivity contribution in [2.75, 3.05) is 0 Å². The fourth-order valence-electron chi connectivity index (χ4n) is 2.85. The van der Waals surface area contributed by atoms with Crippen molar-refractivity contribution in [2.45, 2.75) is 6.61 Å². The molecule has 0 spiro atoms. The van der Waals surface area contributed by atoms with Crippen molar-refractivity contribution >= 4 is 63.1 Å². The number of halogens is 3. The maximum absolute atomic E-state index is 14.0. The van der Waals surface area contributed by atoms with Crippen molar-refractivity contribution in [1.29, 1.82) is 0 Å². The zero-order valence-corrected chi connectivity index (χ0v) is 19.8. The van der Waals surface area contributed by atoms with E-state index in [4.69, 9.17) is 9.47 Å². The lowest BCUT2D eigenvalue weighted by molar-refractivity contribution is -0.129. The van der Waals surface area contributed by atoms with E-state index in [-0.39, 0.29) is 17.2 Å². The van der Waals surface area contributed by atoms with Gasteiger partial charge in [-0.2, -0.15) is 0 Å². The summed E-state index contributed by atoms with van der Waals surface area (Å²) >= 11 is 4.41. The van der Waals surface area contributed by atoms with E-state index in [2.05, 4.69) is 50.2 Å². The lowest BCUT2D eigenvalue weighted by Gasteiger charge is -2.11. The molecule has 1 aliphatic rings. The SMILES string of the molecule is O=C1OC(c2ccccc2F)=N/C1=C\c1cc(I)c(OCc2ccccc2)c(I)c1. The van der Waals surface area contributed by atoms with Gasteiger partial charge in [0.2, 0.25) is 5.90 Å². The Morgan fingerprint density at radius 3 is 2.37 bits per heavy atom. The topological polar surface area (TPSA) is 47.9 Å². The van der Waals surface area contributed by atoms with Crippen molar-refractivity contribution in [3.63, 3.8) is 0 Å². The van der Waals surface area contributed by atoms with Crippen molar-refractivity contribution in [3.05, 3.63) is 102 Å². The Hall–Kier alpha value is -2.27. The first-order valence-electron chi connectivity index (χ1n) is 8.94. The van der Waals surface area contributed by atoms with Gasteiger partial charge in [-0.05, 0) is 86.7 Å². The Balaban J connectivity index is 1.58. The monoisotopic (exact) mass is 625 g/mol. The number of carbonyl (C=O) groups excluding carboxylic acids is 1. The number of benzene rings is 3. The van der Waals surface area contributed by atoms with Crippen LogP contribution in [0.3, 0.4) is 0 Å². The van der Waals surface area contributed by atoms with Gasteiger partial charge in [0.05, 0.1) is 12.7 Å². The summed E-state index contributed by atoms with van der Waals surface area (Å²) in [5.41, 5.74) is 2.14. The van der Waals surface area contributed by atoms with Crippen LogP contribution in [-0.4, -0.2) is 11.9 Å². The molecule has 3 aromatic carbocycles. The van der Waals surface area contributed by atoms with Crippen molar-refractivity contribution in [2.24, 2.45) is 4.99 Å². The van der Waals surface area contributed by atoms with Gasteiger partial charge in [0, 0.05) is 0 Å². The van der Waals surface area contributed by atoms with E-state index >= 15 is 0 Å². The molecule has 1 aliphatic heterocycles. The number of esters is 1. The predicted octanol–water partition coefficient (Wildman–Crippen LogP) is 5.96. The predicted molar refractivity (Wildman–Crippen MR) is 130 cm³/mol. The molecule has 0 radical (unpaired) electrons. The van der Waals surface area contributed by atoms with E-state index in [1.54, 1.807) is 18.2 Å². The molecule has 0 bridgehead atoms. The van der Waals surface area contributed by atoms with Crippen LogP contribution >= 0.6 is 45.2 Å². The second-order valence-corrected chi connectivity index (χ2v) is 8.73. The molecule has 0 aromatic heterocycles. The van der Waals surface area contributed by atoms with Crippen LogP contribution in [0.4, 0.5) is 4.39 Å². The summed E-state index contributed by atoms with van der Waals surface area (Å²) < 4.78 is 26.9. The van der Waals surface area contributed by atoms with Crippen LogP contribution in [0.25, 0.3) is 6.08 Å². The van der Waals surface area contributed by atoms with E-state index < -0.39 is 11.8 Å². The Morgan fingerprint density at radius 1 is 1.00 bits per heavy atom. The first-order chi connectivity index (χ1) is 14.5. The summed E-state index contributed by atoms with van der Waals surface area (Å²) in [5.74, 6) is -0.347. The number of hydrogen-bond donors (Lipinski definition) is 0. The zero-order valence-electron chi connectivity index (χ0n) is 15.4. The third kappa shape index (κ3) is 4.72. The highest BCUT2D eigenvalue weighted by Crippen LogP contribution is 2.31. The standard InChI is InChI=1S/C23H14FI2NO3/c24-17-9-5-4-8-16(17)22-27-20(23(28)30-22)12-15-10-18(25)21(19(26)11-15)29-13-14-6-2-1-3-7-14/h1-12H,13H2/b20-12-. The van der Waals surface area contributed by atoms with E-state index in [1.165, 1.54) is 12.1 Å². The Morgan fingerprint density at radius 2 is 1.67 bits per heavy atom. The molecule has 0 amide bonds. The normalized spacial score (nSPS) is 14.6. The molecule has 0 saturated heterocycles. The van der Waals surface area contributed by atoms with Gasteiger partial charge in [-0.15, -0.1) is 0 Å². The minimum atomic E-state index is -0.609. The fourth-order valence-corrected chi connectivity index (χ4v) is 4.98. The Labute approximate surface area is 200 Å². The second-order valence-electron chi connectivity index (χ2n) is 6.40. The van der Waals surface area contributed by atoms with Gasteiger partial charge in [-0.3, -0.25) is 0 Å². The number of carbonyl (C=O) groups is 1. The number of ether oxygens (including phenoxy) is 2. The smallest absolute Gasteiger partial charge is 0.363 e. The summed E-state index contributed by atoms with van der Waals surface area (Å²) in [4.78, 5) is 16.4. The molecule has 0 atom stereocenters. The Kier molecular flexibility index (Phi) is 6.47. The first-order valence-corrected chi connectivity index (χ1v) is 11.1. The first kappa shape index (κ1) is 21.0. The molecule has 0 aliphatic carbocycles. The van der Waals surface area contributed by atoms with Crippen LogP contribution in [0.1, 0.15) is 16.7 Å². The van der Waals surface area contributed by atoms with Gasteiger partial charge in [0.25, 0.3) is 0 Å². The Bertz CT molecular complexity index is 1150. The third-order valence-electron chi connectivity index (χ3n) is 4.27. The molecule has 150 valence electrons. The van der Waals surface area contributed by atoms with Gasteiger partial charge in [0.1, 0.15) is 18.2 Å². The average molecular weight is 625 g/mol.